The van der Waals surface area contributed by atoms with Crippen molar-refractivity contribution >= 4 is 17.6 Å². The number of carboxylic acid groups (broad SMARTS) is 1. The van der Waals surface area contributed by atoms with Gasteiger partial charge in [-0.15, -0.1) is 0 Å². The van der Waals surface area contributed by atoms with Crippen LogP contribution in [0, 0.1) is 17.3 Å². The molecule has 0 heterocycles. The van der Waals surface area contributed by atoms with Crippen molar-refractivity contribution in [1.82, 2.24) is 5.32 Å². The Bertz CT molecular complexity index is 607. The average molecular weight is 336 g/mol. The van der Waals surface area contributed by atoms with Crippen LogP contribution in [0.1, 0.15) is 13.8 Å². The Hall–Kier alpha value is -2.44. The number of amides is 1. The highest BCUT2D eigenvalue weighted by atomic mass is 16.5. The maximum atomic E-state index is 12.1. The summed E-state index contributed by atoms with van der Waals surface area (Å²) in [6.45, 7) is 4.51. The van der Waals surface area contributed by atoms with E-state index in [0.717, 1.165) is 5.69 Å². The molecule has 3 N–H and O–H groups in total. The minimum Gasteiger partial charge on any atom is -0.497 e. The monoisotopic (exact) mass is 336 g/mol. The highest BCUT2D eigenvalue weighted by Gasteiger charge is 2.65. The van der Waals surface area contributed by atoms with Gasteiger partial charge in [0.2, 0.25) is 5.91 Å². The first-order chi connectivity index (χ1) is 11.3. The summed E-state index contributed by atoms with van der Waals surface area (Å²) in [5, 5.41) is 15.1. The number of benzene rings is 1. The van der Waals surface area contributed by atoms with Gasteiger partial charge >= 0.3 is 5.97 Å². The van der Waals surface area contributed by atoms with Gasteiger partial charge in [0.15, 0.2) is 0 Å². The molecule has 0 radical (unpaired) electrons. The molecule has 1 aliphatic carbocycles. The topological polar surface area (TPSA) is 96.9 Å². The van der Waals surface area contributed by atoms with Crippen molar-refractivity contribution < 1.29 is 24.2 Å². The Labute approximate surface area is 141 Å². The number of hydrogen-bond acceptors (Lipinski definition) is 5. The van der Waals surface area contributed by atoms with Crippen LogP contribution in [-0.2, 0) is 9.59 Å². The van der Waals surface area contributed by atoms with Gasteiger partial charge in [0.1, 0.15) is 11.5 Å². The van der Waals surface area contributed by atoms with Crippen LogP contribution in [0.3, 0.4) is 0 Å². The summed E-state index contributed by atoms with van der Waals surface area (Å²) in [7, 11) is 3.16. The third-order valence-electron chi connectivity index (χ3n) is 4.48. The van der Waals surface area contributed by atoms with Crippen molar-refractivity contribution in [2.24, 2.45) is 17.3 Å². The number of carbonyl (C=O) groups is 2. The van der Waals surface area contributed by atoms with Gasteiger partial charge in [0.25, 0.3) is 0 Å². The number of aliphatic carboxylic acids is 1. The van der Waals surface area contributed by atoms with Gasteiger partial charge in [-0.3, -0.25) is 9.59 Å². The summed E-state index contributed by atoms with van der Waals surface area (Å²) in [5.41, 5.74) is 0.333. The number of ether oxygens (including phenoxy) is 2. The molecule has 1 amide bonds. The summed E-state index contributed by atoms with van der Waals surface area (Å²) in [5.74, 6) is -0.853. The van der Waals surface area contributed by atoms with E-state index >= 15 is 0 Å². The Balaban J connectivity index is 1.81. The van der Waals surface area contributed by atoms with Crippen LogP contribution in [0.25, 0.3) is 0 Å². The molecule has 7 nitrogen and oxygen atoms in total. The van der Waals surface area contributed by atoms with Gasteiger partial charge in [-0.05, 0) is 5.41 Å². The van der Waals surface area contributed by atoms with Crippen molar-refractivity contribution in [1.29, 1.82) is 0 Å². The number of rotatable bonds is 8. The van der Waals surface area contributed by atoms with E-state index in [4.69, 9.17) is 14.6 Å². The van der Waals surface area contributed by atoms with Crippen LogP contribution in [0.4, 0.5) is 5.69 Å². The third kappa shape index (κ3) is 3.72. The first-order valence-corrected chi connectivity index (χ1v) is 7.78. The zero-order chi connectivity index (χ0) is 17.9. The van der Waals surface area contributed by atoms with Crippen LogP contribution >= 0.6 is 0 Å². The van der Waals surface area contributed by atoms with Crippen LogP contribution in [0.5, 0.6) is 11.5 Å². The number of anilines is 1. The Morgan fingerprint density at radius 3 is 2.12 bits per heavy atom. The first kappa shape index (κ1) is 17.9. The predicted octanol–water partition coefficient (Wildman–Crippen LogP) is 1.59. The van der Waals surface area contributed by atoms with E-state index in [-0.39, 0.29) is 5.91 Å². The molecule has 0 unspecified atom stereocenters. The second-order valence-electron chi connectivity index (χ2n) is 6.43. The molecule has 1 aromatic rings. The summed E-state index contributed by atoms with van der Waals surface area (Å²) < 4.78 is 10.4. The van der Waals surface area contributed by atoms with Gasteiger partial charge in [0, 0.05) is 37.0 Å². The van der Waals surface area contributed by atoms with E-state index in [1.165, 1.54) is 0 Å². The van der Waals surface area contributed by atoms with Crippen molar-refractivity contribution in [2.75, 3.05) is 32.6 Å². The second kappa shape index (κ2) is 6.98. The summed E-state index contributed by atoms with van der Waals surface area (Å²) in [6, 6.07) is 5.43. The highest BCUT2D eigenvalue weighted by molar-refractivity contribution is 5.91. The zero-order valence-electron chi connectivity index (χ0n) is 14.4. The largest absolute Gasteiger partial charge is 0.497 e. The Morgan fingerprint density at radius 1 is 1.08 bits per heavy atom. The fraction of sp³-hybridized carbons (Fsp3) is 0.529. The molecule has 1 aromatic carbocycles. The van der Waals surface area contributed by atoms with Crippen LogP contribution < -0.4 is 20.1 Å². The molecular formula is C17H24N2O5. The lowest BCUT2D eigenvalue weighted by molar-refractivity contribution is -0.140. The smallest absolute Gasteiger partial charge is 0.307 e. The normalized spacial score (nSPS) is 20.8. The molecule has 132 valence electrons. The number of nitrogens with one attached hydrogen (secondary N) is 2. The molecule has 1 saturated carbocycles. The summed E-state index contributed by atoms with van der Waals surface area (Å²) in [6.07, 6.45) is 0. The molecule has 1 aliphatic rings. The maximum Gasteiger partial charge on any atom is 0.307 e. The molecule has 2 atom stereocenters. The minimum atomic E-state index is -0.915. The predicted molar refractivity (Wildman–Crippen MR) is 89.4 cm³/mol. The van der Waals surface area contributed by atoms with E-state index in [1.54, 1.807) is 34.1 Å². The van der Waals surface area contributed by atoms with E-state index in [0.29, 0.717) is 24.6 Å². The molecule has 7 heteroatoms. The lowest BCUT2D eigenvalue weighted by Crippen LogP contribution is -2.31. The van der Waals surface area contributed by atoms with E-state index in [2.05, 4.69) is 10.6 Å². The molecule has 2 rings (SSSR count). The molecule has 0 aliphatic heterocycles. The number of carboxylic acids is 1. The van der Waals surface area contributed by atoms with Crippen molar-refractivity contribution in [3.63, 3.8) is 0 Å². The minimum absolute atomic E-state index is 0.211. The summed E-state index contributed by atoms with van der Waals surface area (Å²) in [4.78, 5) is 23.2. The van der Waals surface area contributed by atoms with Crippen molar-refractivity contribution in [2.45, 2.75) is 13.8 Å². The lowest BCUT2D eigenvalue weighted by atomic mass is 10.1. The van der Waals surface area contributed by atoms with Crippen LogP contribution in [0.15, 0.2) is 18.2 Å². The second-order valence-corrected chi connectivity index (χ2v) is 6.43. The van der Waals surface area contributed by atoms with Crippen LogP contribution in [-0.4, -0.2) is 44.3 Å². The van der Waals surface area contributed by atoms with Crippen molar-refractivity contribution in [3.05, 3.63) is 18.2 Å². The van der Waals surface area contributed by atoms with Crippen molar-refractivity contribution in [3.8, 4) is 11.5 Å². The fourth-order valence-corrected chi connectivity index (χ4v) is 3.00. The molecule has 24 heavy (non-hydrogen) atoms. The molecule has 0 saturated heterocycles. The number of hydrogen-bond donors (Lipinski definition) is 3. The molecule has 1 fully saturated rings. The number of carbonyl (C=O) groups excluding carboxylic acids is 1. The fourth-order valence-electron chi connectivity index (χ4n) is 3.00. The molecule has 0 aromatic heterocycles. The Morgan fingerprint density at radius 2 is 1.67 bits per heavy atom. The quantitative estimate of drug-likeness (QED) is 0.624. The lowest BCUT2D eigenvalue weighted by Gasteiger charge is -2.11. The van der Waals surface area contributed by atoms with Gasteiger partial charge in [-0.2, -0.15) is 0 Å². The molecule has 0 spiro atoms. The van der Waals surface area contributed by atoms with E-state index < -0.39 is 23.2 Å². The van der Waals surface area contributed by atoms with Gasteiger partial charge in [-0.1, -0.05) is 13.8 Å². The SMILES string of the molecule is COc1cc(NCCNC(=O)[C@@H]2[C@H](C(=O)O)C2(C)C)cc(OC)c1. The van der Waals surface area contributed by atoms with Gasteiger partial charge < -0.3 is 25.2 Å². The zero-order valence-corrected chi connectivity index (χ0v) is 14.4. The number of methoxy groups -OCH3 is 2. The molecular weight excluding hydrogens is 312 g/mol. The third-order valence-corrected chi connectivity index (χ3v) is 4.48. The highest BCUT2D eigenvalue weighted by Crippen LogP contribution is 2.58. The summed E-state index contributed by atoms with van der Waals surface area (Å²) >= 11 is 0. The first-order valence-electron chi connectivity index (χ1n) is 7.78. The van der Waals surface area contributed by atoms with E-state index in [1.807, 2.05) is 12.1 Å². The Kier molecular flexibility index (Phi) is 5.21. The van der Waals surface area contributed by atoms with E-state index in [9.17, 15) is 9.59 Å². The standard InChI is InChI=1S/C17H24N2O5/c1-17(2)13(14(17)16(21)22)15(20)19-6-5-18-10-7-11(23-3)9-12(8-10)24-4/h7-9,13-14,18H,5-6H2,1-4H3,(H,19,20)(H,21,22)/t13-,14+/m0/s1. The van der Waals surface area contributed by atoms with Crippen LogP contribution in [0.2, 0.25) is 0 Å². The molecule has 0 bridgehead atoms. The average Bonchev–Trinajstić information content (AvgIpc) is 3.13. The van der Waals surface area contributed by atoms with Gasteiger partial charge in [-0.25, -0.2) is 0 Å². The van der Waals surface area contributed by atoms with Gasteiger partial charge in [0.05, 0.1) is 26.1 Å². The maximum absolute atomic E-state index is 12.1.